The van der Waals surface area contributed by atoms with E-state index >= 15 is 0 Å². The molecule has 2 rings (SSSR count). The van der Waals surface area contributed by atoms with Gasteiger partial charge in [-0.25, -0.2) is 14.2 Å². The van der Waals surface area contributed by atoms with E-state index in [-0.39, 0.29) is 12.3 Å². The smallest absolute Gasteiger partial charge is 0.358 e. The summed E-state index contributed by atoms with van der Waals surface area (Å²) in [4.78, 5) is 18.8. The van der Waals surface area contributed by atoms with Crippen LogP contribution in [0, 0.1) is 12.7 Å². The Morgan fingerprint density at radius 3 is 2.85 bits per heavy atom. The second-order valence-electron chi connectivity index (χ2n) is 4.12. The molecule has 5 nitrogen and oxygen atoms in total. The lowest BCUT2D eigenvalue weighted by Crippen LogP contribution is -2.06. The zero-order valence-electron chi connectivity index (χ0n) is 11.5. The lowest BCUT2D eigenvalue weighted by Gasteiger charge is -2.05. The molecule has 0 aliphatic heterocycles. The number of nitrogens with zero attached hydrogens (tertiary/aromatic N) is 1. The summed E-state index contributed by atoms with van der Waals surface area (Å²) in [7, 11) is 1.48. The first-order valence-electron chi connectivity index (χ1n) is 6.14. The van der Waals surface area contributed by atoms with Crippen molar-refractivity contribution >= 4 is 5.97 Å². The van der Waals surface area contributed by atoms with Crippen molar-refractivity contribution in [1.29, 1.82) is 0 Å². The van der Waals surface area contributed by atoms with Gasteiger partial charge >= 0.3 is 5.97 Å². The molecule has 0 saturated carbocycles. The van der Waals surface area contributed by atoms with E-state index in [2.05, 4.69) is 9.97 Å². The van der Waals surface area contributed by atoms with Gasteiger partial charge in [0.15, 0.2) is 5.69 Å². The number of H-pyrrole nitrogens is 1. The molecule has 1 heterocycles. The second-order valence-corrected chi connectivity index (χ2v) is 4.12. The Kier molecular flexibility index (Phi) is 4.02. The molecule has 0 saturated heterocycles. The van der Waals surface area contributed by atoms with Crippen LogP contribution >= 0.6 is 0 Å². The monoisotopic (exact) mass is 278 g/mol. The number of carbonyl (C=O) groups excluding carboxylic acids is 1. The van der Waals surface area contributed by atoms with E-state index in [9.17, 15) is 9.18 Å². The number of methoxy groups -OCH3 is 1. The first-order valence-corrected chi connectivity index (χ1v) is 6.14. The molecule has 0 unspecified atom stereocenters. The number of hydrogen-bond donors (Lipinski definition) is 1. The number of aromatic nitrogens is 2. The van der Waals surface area contributed by atoms with Gasteiger partial charge in [0.05, 0.1) is 19.3 Å². The minimum absolute atomic E-state index is 0.188. The van der Waals surface area contributed by atoms with Crippen LogP contribution in [0.1, 0.15) is 23.1 Å². The highest BCUT2D eigenvalue weighted by atomic mass is 19.1. The molecule has 1 N–H and O–H groups in total. The third-order valence-electron chi connectivity index (χ3n) is 2.77. The van der Waals surface area contributed by atoms with Crippen LogP contribution in [-0.4, -0.2) is 29.7 Å². The third-order valence-corrected chi connectivity index (χ3v) is 2.77. The molecule has 0 amide bonds. The average Bonchev–Trinajstić information content (AvgIpc) is 2.81. The molecule has 20 heavy (non-hydrogen) atoms. The zero-order chi connectivity index (χ0) is 14.7. The quantitative estimate of drug-likeness (QED) is 0.873. The molecule has 0 spiro atoms. The van der Waals surface area contributed by atoms with Crippen molar-refractivity contribution in [2.45, 2.75) is 13.8 Å². The minimum Gasteiger partial charge on any atom is -0.496 e. The number of halogens is 1. The number of benzene rings is 1. The summed E-state index contributed by atoms with van der Waals surface area (Å²) in [5.41, 5.74) is 1.20. The fourth-order valence-electron chi connectivity index (χ4n) is 1.85. The SMILES string of the molecule is CCOC(=O)c1nc(-c2cc(F)ccc2OC)[nH]c1C. The Morgan fingerprint density at radius 2 is 2.20 bits per heavy atom. The van der Waals surface area contributed by atoms with E-state index in [1.165, 1.54) is 25.3 Å². The van der Waals surface area contributed by atoms with Crippen LogP contribution in [0.4, 0.5) is 4.39 Å². The maximum absolute atomic E-state index is 13.4. The minimum atomic E-state index is -0.511. The molecule has 0 atom stereocenters. The van der Waals surface area contributed by atoms with Crippen LogP contribution in [0.25, 0.3) is 11.4 Å². The van der Waals surface area contributed by atoms with Crippen molar-refractivity contribution in [2.24, 2.45) is 0 Å². The van der Waals surface area contributed by atoms with Crippen LogP contribution in [-0.2, 0) is 4.74 Å². The molecule has 2 aromatic rings. The van der Waals surface area contributed by atoms with Crippen molar-refractivity contribution in [3.8, 4) is 17.1 Å². The normalized spacial score (nSPS) is 10.4. The van der Waals surface area contributed by atoms with Crippen molar-refractivity contribution in [1.82, 2.24) is 9.97 Å². The van der Waals surface area contributed by atoms with E-state index in [1.54, 1.807) is 13.8 Å². The van der Waals surface area contributed by atoms with Gasteiger partial charge in [0.25, 0.3) is 0 Å². The number of imidazole rings is 1. The molecule has 0 bridgehead atoms. The van der Waals surface area contributed by atoms with Crippen molar-refractivity contribution in [3.05, 3.63) is 35.4 Å². The molecule has 0 aliphatic carbocycles. The summed E-state index contributed by atoms with van der Waals surface area (Å²) in [5, 5.41) is 0. The summed E-state index contributed by atoms with van der Waals surface area (Å²) < 4.78 is 23.4. The third kappa shape index (κ3) is 2.64. The van der Waals surface area contributed by atoms with Gasteiger partial charge in [-0.15, -0.1) is 0 Å². The maximum Gasteiger partial charge on any atom is 0.358 e. The first-order chi connectivity index (χ1) is 9.56. The standard InChI is InChI=1S/C14H15FN2O3/c1-4-20-14(18)12-8(2)16-13(17-12)10-7-9(15)5-6-11(10)19-3/h5-7H,4H2,1-3H3,(H,16,17). The van der Waals surface area contributed by atoms with Crippen LogP contribution in [0.5, 0.6) is 5.75 Å². The molecule has 1 aromatic carbocycles. The number of esters is 1. The van der Waals surface area contributed by atoms with Gasteiger partial charge < -0.3 is 14.5 Å². The van der Waals surface area contributed by atoms with Crippen LogP contribution < -0.4 is 4.74 Å². The van der Waals surface area contributed by atoms with Crippen LogP contribution in [0.2, 0.25) is 0 Å². The Morgan fingerprint density at radius 1 is 1.45 bits per heavy atom. The van der Waals surface area contributed by atoms with Crippen LogP contribution in [0.3, 0.4) is 0 Å². The predicted octanol–water partition coefficient (Wildman–Crippen LogP) is 2.71. The maximum atomic E-state index is 13.4. The number of aryl methyl sites for hydroxylation is 1. The van der Waals surface area contributed by atoms with E-state index in [0.29, 0.717) is 22.8 Å². The molecule has 6 heteroatoms. The highest BCUT2D eigenvalue weighted by Gasteiger charge is 2.18. The van der Waals surface area contributed by atoms with E-state index in [4.69, 9.17) is 9.47 Å². The van der Waals surface area contributed by atoms with Gasteiger partial charge in [-0.05, 0) is 32.0 Å². The second kappa shape index (κ2) is 5.73. The van der Waals surface area contributed by atoms with Gasteiger partial charge in [0.2, 0.25) is 0 Å². The molecule has 106 valence electrons. The highest BCUT2D eigenvalue weighted by Crippen LogP contribution is 2.29. The lowest BCUT2D eigenvalue weighted by atomic mass is 10.2. The van der Waals surface area contributed by atoms with E-state index in [0.717, 1.165) is 0 Å². The van der Waals surface area contributed by atoms with Gasteiger partial charge in [-0.1, -0.05) is 0 Å². The molecule has 0 fully saturated rings. The Bertz CT molecular complexity index is 637. The molecular weight excluding hydrogens is 263 g/mol. The number of nitrogens with one attached hydrogen (secondary N) is 1. The molecule has 1 aromatic heterocycles. The number of carbonyl (C=O) groups is 1. The number of hydrogen-bond acceptors (Lipinski definition) is 4. The Labute approximate surface area is 115 Å². The Balaban J connectivity index is 2.47. The van der Waals surface area contributed by atoms with Gasteiger partial charge in [-0.2, -0.15) is 0 Å². The Hall–Kier alpha value is -2.37. The van der Waals surface area contributed by atoms with Gasteiger partial charge in [0, 0.05) is 5.69 Å². The zero-order valence-corrected chi connectivity index (χ0v) is 11.5. The fourth-order valence-corrected chi connectivity index (χ4v) is 1.85. The summed E-state index contributed by atoms with van der Waals surface area (Å²) in [6.07, 6.45) is 0. The summed E-state index contributed by atoms with van der Waals surface area (Å²) >= 11 is 0. The number of aromatic amines is 1. The topological polar surface area (TPSA) is 64.2 Å². The average molecular weight is 278 g/mol. The highest BCUT2D eigenvalue weighted by molar-refractivity contribution is 5.89. The summed E-state index contributed by atoms with van der Waals surface area (Å²) in [5.74, 6) is -0.0899. The number of ether oxygens (including phenoxy) is 2. The van der Waals surface area contributed by atoms with Gasteiger partial charge in [-0.3, -0.25) is 0 Å². The fraction of sp³-hybridized carbons (Fsp3) is 0.286. The molecule has 0 radical (unpaired) electrons. The molecular formula is C14H15FN2O3. The number of rotatable bonds is 4. The molecule has 0 aliphatic rings. The summed E-state index contributed by atoms with van der Waals surface area (Å²) in [6.45, 7) is 3.69. The van der Waals surface area contributed by atoms with Gasteiger partial charge in [0.1, 0.15) is 17.4 Å². The predicted molar refractivity (Wildman–Crippen MR) is 71.2 cm³/mol. The van der Waals surface area contributed by atoms with Crippen molar-refractivity contribution in [3.63, 3.8) is 0 Å². The first kappa shape index (κ1) is 14.0. The van der Waals surface area contributed by atoms with Crippen molar-refractivity contribution in [2.75, 3.05) is 13.7 Å². The summed E-state index contributed by atoms with van der Waals surface area (Å²) in [6, 6.07) is 4.10. The lowest BCUT2D eigenvalue weighted by molar-refractivity contribution is 0.0519. The van der Waals surface area contributed by atoms with E-state index < -0.39 is 11.8 Å². The van der Waals surface area contributed by atoms with Crippen LogP contribution in [0.15, 0.2) is 18.2 Å². The van der Waals surface area contributed by atoms with E-state index in [1.807, 2.05) is 0 Å². The van der Waals surface area contributed by atoms with Crippen molar-refractivity contribution < 1.29 is 18.7 Å². The largest absolute Gasteiger partial charge is 0.496 e.